The second-order valence-corrected chi connectivity index (χ2v) is 5.35. The van der Waals surface area contributed by atoms with Crippen molar-refractivity contribution >= 4 is 16.8 Å². The lowest BCUT2D eigenvalue weighted by molar-refractivity contribution is 0.0912. The number of aromatic amines is 1. The molecule has 1 fully saturated rings. The zero-order chi connectivity index (χ0) is 13.2. The molecule has 0 aliphatic carbocycles. The van der Waals surface area contributed by atoms with Crippen LogP contribution in [0.4, 0.5) is 0 Å². The number of hydrogen-bond acceptors (Lipinski definition) is 2. The number of nitrogens with one attached hydrogen (secondary N) is 2. The summed E-state index contributed by atoms with van der Waals surface area (Å²) in [5, 5.41) is 4.26. The van der Waals surface area contributed by atoms with E-state index in [0.29, 0.717) is 0 Å². The van der Waals surface area contributed by atoms with Gasteiger partial charge in [-0.25, -0.2) is 0 Å². The van der Waals surface area contributed by atoms with Crippen LogP contribution in [0.2, 0.25) is 0 Å². The van der Waals surface area contributed by atoms with Gasteiger partial charge >= 0.3 is 0 Å². The van der Waals surface area contributed by atoms with Gasteiger partial charge in [-0.1, -0.05) is 6.07 Å². The highest BCUT2D eigenvalue weighted by Gasteiger charge is 2.19. The van der Waals surface area contributed by atoms with Gasteiger partial charge in [-0.15, -0.1) is 0 Å². The van der Waals surface area contributed by atoms with Gasteiger partial charge < -0.3 is 15.2 Å². The molecule has 0 unspecified atom stereocenters. The van der Waals surface area contributed by atoms with Gasteiger partial charge in [0.05, 0.1) is 0 Å². The zero-order valence-electron chi connectivity index (χ0n) is 11.1. The molecular weight excluding hydrogens is 238 g/mol. The Kier molecular flexibility index (Phi) is 3.25. The summed E-state index contributed by atoms with van der Waals surface area (Å²) in [7, 11) is 2.10. The maximum Gasteiger partial charge on any atom is 0.251 e. The van der Waals surface area contributed by atoms with Gasteiger partial charge in [0, 0.05) is 29.9 Å². The van der Waals surface area contributed by atoms with Gasteiger partial charge in [0.15, 0.2) is 0 Å². The maximum atomic E-state index is 12.2. The molecule has 4 heteroatoms. The molecule has 1 atom stereocenters. The molecule has 19 heavy (non-hydrogen) atoms. The molecule has 1 amide bonds. The molecule has 4 nitrogen and oxygen atoms in total. The molecule has 100 valence electrons. The Bertz CT molecular complexity index is 590. The molecule has 1 aromatic heterocycles. The van der Waals surface area contributed by atoms with Crippen molar-refractivity contribution in [1.29, 1.82) is 0 Å². The van der Waals surface area contributed by atoms with Gasteiger partial charge in [0.25, 0.3) is 5.91 Å². The minimum atomic E-state index is 0.0248. The topological polar surface area (TPSA) is 48.1 Å². The van der Waals surface area contributed by atoms with Crippen LogP contribution in [-0.4, -0.2) is 42.0 Å². The van der Waals surface area contributed by atoms with Crippen LogP contribution >= 0.6 is 0 Å². The highest BCUT2D eigenvalue weighted by atomic mass is 16.1. The number of carbonyl (C=O) groups excluding carboxylic acids is 1. The number of amides is 1. The number of aromatic nitrogens is 1. The second kappa shape index (κ2) is 5.05. The first kappa shape index (κ1) is 12.2. The fraction of sp³-hybridized carbons (Fsp3) is 0.400. The number of benzene rings is 1. The first-order valence-electron chi connectivity index (χ1n) is 6.79. The summed E-state index contributed by atoms with van der Waals surface area (Å²) in [5.74, 6) is 0.0248. The minimum Gasteiger partial charge on any atom is -0.361 e. The summed E-state index contributed by atoms with van der Waals surface area (Å²) in [6, 6.07) is 8.06. The predicted molar refractivity (Wildman–Crippen MR) is 76.3 cm³/mol. The largest absolute Gasteiger partial charge is 0.361 e. The number of carbonyl (C=O) groups is 1. The Labute approximate surface area is 112 Å². The first-order valence-corrected chi connectivity index (χ1v) is 6.79. The Morgan fingerprint density at radius 3 is 3.16 bits per heavy atom. The van der Waals surface area contributed by atoms with Gasteiger partial charge in [-0.2, -0.15) is 0 Å². The second-order valence-electron chi connectivity index (χ2n) is 5.35. The molecule has 1 saturated heterocycles. The highest BCUT2D eigenvalue weighted by Crippen LogP contribution is 2.15. The lowest BCUT2D eigenvalue weighted by Crippen LogP contribution is -2.46. The molecule has 2 N–H and O–H groups in total. The molecule has 1 aliphatic heterocycles. The maximum absolute atomic E-state index is 12.2. The normalized spacial score (nSPS) is 20.6. The van der Waals surface area contributed by atoms with Crippen molar-refractivity contribution in [2.45, 2.75) is 18.9 Å². The molecule has 0 radical (unpaired) electrons. The summed E-state index contributed by atoms with van der Waals surface area (Å²) in [5.41, 5.74) is 1.73. The summed E-state index contributed by atoms with van der Waals surface area (Å²) in [4.78, 5) is 17.6. The molecule has 0 bridgehead atoms. The van der Waals surface area contributed by atoms with E-state index in [1.165, 1.54) is 0 Å². The minimum absolute atomic E-state index is 0.0248. The van der Waals surface area contributed by atoms with Crippen LogP contribution in [-0.2, 0) is 0 Å². The van der Waals surface area contributed by atoms with Gasteiger partial charge in [0.2, 0.25) is 0 Å². The van der Waals surface area contributed by atoms with Gasteiger partial charge in [-0.05, 0) is 50.0 Å². The van der Waals surface area contributed by atoms with Gasteiger partial charge in [-0.3, -0.25) is 4.79 Å². The number of hydrogen-bond donors (Lipinski definition) is 2. The van der Waals surface area contributed by atoms with E-state index in [2.05, 4.69) is 22.2 Å². The van der Waals surface area contributed by atoms with Crippen molar-refractivity contribution in [2.24, 2.45) is 0 Å². The molecule has 2 aromatic rings. The Hall–Kier alpha value is -1.81. The van der Waals surface area contributed by atoms with E-state index in [-0.39, 0.29) is 11.9 Å². The SMILES string of the molecule is CN1CCC[C@@H](NC(=O)c2ccc3cc[nH]c3c2)C1. The van der Waals surface area contributed by atoms with Crippen molar-refractivity contribution in [2.75, 3.05) is 20.1 Å². The van der Waals surface area contributed by atoms with Crippen LogP contribution in [0.3, 0.4) is 0 Å². The molecule has 1 aliphatic rings. The van der Waals surface area contributed by atoms with Crippen LogP contribution in [0.15, 0.2) is 30.5 Å². The van der Waals surface area contributed by atoms with E-state index in [1.54, 1.807) is 0 Å². The van der Waals surface area contributed by atoms with E-state index in [0.717, 1.165) is 42.4 Å². The molecular formula is C15H19N3O. The van der Waals surface area contributed by atoms with E-state index < -0.39 is 0 Å². The monoisotopic (exact) mass is 257 g/mol. The van der Waals surface area contributed by atoms with Crippen molar-refractivity contribution < 1.29 is 4.79 Å². The molecule has 0 spiro atoms. The highest BCUT2D eigenvalue weighted by molar-refractivity contribution is 5.98. The van der Waals surface area contributed by atoms with Crippen molar-refractivity contribution in [1.82, 2.24) is 15.2 Å². The van der Waals surface area contributed by atoms with Crippen LogP contribution in [0.25, 0.3) is 10.9 Å². The number of likely N-dealkylation sites (tertiary alicyclic amines) is 1. The fourth-order valence-corrected chi connectivity index (χ4v) is 2.74. The van der Waals surface area contributed by atoms with E-state index in [9.17, 15) is 4.79 Å². The Morgan fingerprint density at radius 1 is 1.42 bits per heavy atom. The Balaban J connectivity index is 1.72. The average molecular weight is 257 g/mol. The lowest BCUT2D eigenvalue weighted by atomic mass is 10.1. The third-order valence-corrected chi connectivity index (χ3v) is 3.78. The molecule has 0 saturated carbocycles. The standard InChI is InChI=1S/C15H19N3O/c1-18-8-2-3-13(10-18)17-15(19)12-5-4-11-6-7-16-14(11)9-12/h4-7,9,13,16H,2-3,8,10H2,1H3,(H,17,19)/t13-/m1/s1. The molecule has 1 aromatic carbocycles. The zero-order valence-corrected chi connectivity index (χ0v) is 11.1. The summed E-state index contributed by atoms with van der Waals surface area (Å²) >= 11 is 0. The number of H-pyrrole nitrogens is 1. The lowest BCUT2D eigenvalue weighted by Gasteiger charge is -2.30. The van der Waals surface area contributed by atoms with Crippen molar-refractivity contribution in [3.05, 3.63) is 36.0 Å². The van der Waals surface area contributed by atoms with Gasteiger partial charge in [0.1, 0.15) is 0 Å². The van der Waals surface area contributed by atoms with Crippen LogP contribution in [0.1, 0.15) is 23.2 Å². The van der Waals surface area contributed by atoms with E-state index >= 15 is 0 Å². The predicted octanol–water partition coefficient (Wildman–Crippen LogP) is 1.99. The number of rotatable bonds is 2. The van der Waals surface area contributed by atoms with Crippen LogP contribution in [0, 0.1) is 0 Å². The smallest absolute Gasteiger partial charge is 0.251 e. The van der Waals surface area contributed by atoms with Crippen molar-refractivity contribution in [3.63, 3.8) is 0 Å². The third-order valence-electron chi connectivity index (χ3n) is 3.78. The number of nitrogens with zero attached hydrogens (tertiary/aromatic N) is 1. The van der Waals surface area contributed by atoms with Crippen molar-refractivity contribution in [3.8, 4) is 0 Å². The van der Waals surface area contributed by atoms with E-state index in [1.807, 2.05) is 30.5 Å². The average Bonchev–Trinajstić information content (AvgIpc) is 2.85. The number of likely N-dealkylation sites (N-methyl/N-ethyl adjacent to an activating group) is 1. The number of piperidine rings is 1. The Morgan fingerprint density at radius 2 is 2.32 bits per heavy atom. The van der Waals surface area contributed by atoms with Crippen LogP contribution in [0.5, 0.6) is 0 Å². The number of fused-ring (bicyclic) bond motifs is 1. The molecule has 3 rings (SSSR count). The summed E-state index contributed by atoms with van der Waals surface area (Å²) in [6.07, 6.45) is 4.11. The summed E-state index contributed by atoms with van der Waals surface area (Å²) in [6.45, 7) is 2.07. The first-order chi connectivity index (χ1) is 9.22. The van der Waals surface area contributed by atoms with E-state index in [4.69, 9.17) is 0 Å². The fourth-order valence-electron chi connectivity index (χ4n) is 2.74. The summed E-state index contributed by atoms with van der Waals surface area (Å²) < 4.78 is 0. The third kappa shape index (κ3) is 2.63. The van der Waals surface area contributed by atoms with Crippen LogP contribution < -0.4 is 5.32 Å². The quantitative estimate of drug-likeness (QED) is 0.864. The molecule has 2 heterocycles.